The van der Waals surface area contributed by atoms with Crippen LogP contribution in [-0.2, 0) is 5.41 Å². The smallest absolute Gasteiger partial charge is 0.159 e. The molecule has 2 saturated carbocycles. The van der Waals surface area contributed by atoms with Crippen molar-refractivity contribution in [1.82, 2.24) is 19.7 Å². The molecule has 3 aliphatic rings. The number of nitrogens with zero attached hydrogens (tertiary/aromatic N) is 6. The quantitative estimate of drug-likeness (QED) is 0.653. The summed E-state index contributed by atoms with van der Waals surface area (Å²) in [6.07, 6.45) is 8.85. The van der Waals surface area contributed by atoms with E-state index in [0.29, 0.717) is 11.2 Å². The lowest BCUT2D eigenvalue weighted by atomic mass is 9.57. The molecule has 2 aromatic heterocycles. The molecule has 7 nitrogen and oxygen atoms in total. The summed E-state index contributed by atoms with van der Waals surface area (Å²) in [6, 6.07) is 11.1. The van der Waals surface area contributed by atoms with E-state index in [0.717, 1.165) is 48.1 Å². The molecule has 3 aromatic rings. The molecule has 1 aromatic carbocycles. The first-order chi connectivity index (χ1) is 15.7. The van der Waals surface area contributed by atoms with Crippen LogP contribution in [-0.4, -0.2) is 43.0 Å². The Hall–Kier alpha value is -2.98. The second kappa shape index (κ2) is 6.77. The van der Waals surface area contributed by atoms with Crippen molar-refractivity contribution < 1.29 is 5.11 Å². The molecule has 0 radical (unpaired) electrons. The molecule has 7 heteroatoms. The molecule has 1 spiro atoms. The fourth-order valence-corrected chi connectivity index (χ4v) is 6.42. The second-order valence-corrected chi connectivity index (χ2v) is 11.1. The van der Waals surface area contributed by atoms with Crippen molar-refractivity contribution >= 4 is 16.7 Å². The van der Waals surface area contributed by atoms with Crippen LogP contribution in [0.5, 0.6) is 0 Å². The van der Waals surface area contributed by atoms with Gasteiger partial charge in [-0.2, -0.15) is 10.4 Å². The lowest BCUT2D eigenvalue weighted by molar-refractivity contribution is 0.0156. The van der Waals surface area contributed by atoms with Crippen LogP contribution in [0.1, 0.15) is 58.4 Å². The number of aromatic nitrogens is 4. The van der Waals surface area contributed by atoms with Gasteiger partial charge < -0.3 is 10.0 Å². The molecule has 0 bridgehead atoms. The summed E-state index contributed by atoms with van der Waals surface area (Å²) in [7, 11) is 0. The average Bonchev–Trinajstić information content (AvgIpc) is 3.27. The summed E-state index contributed by atoms with van der Waals surface area (Å²) in [5.41, 5.74) is 1.41. The van der Waals surface area contributed by atoms with Gasteiger partial charge in [0, 0.05) is 30.0 Å². The minimum Gasteiger partial charge on any atom is -0.390 e. The highest BCUT2D eigenvalue weighted by Crippen LogP contribution is 2.68. The Morgan fingerprint density at radius 1 is 1.15 bits per heavy atom. The summed E-state index contributed by atoms with van der Waals surface area (Å²) < 4.78 is 1.86. The summed E-state index contributed by atoms with van der Waals surface area (Å²) in [5.74, 6) is 1.75. The third-order valence-corrected chi connectivity index (χ3v) is 8.46. The minimum atomic E-state index is -0.726. The van der Waals surface area contributed by atoms with Crippen LogP contribution in [0, 0.1) is 22.7 Å². The van der Waals surface area contributed by atoms with Crippen molar-refractivity contribution in [1.29, 1.82) is 5.26 Å². The van der Waals surface area contributed by atoms with Gasteiger partial charge in [0.1, 0.15) is 12.1 Å². The van der Waals surface area contributed by atoms with Crippen LogP contribution < -0.4 is 4.90 Å². The fourth-order valence-electron chi connectivity index (χ4n) is 6.42. The number of aliphatic hydroxyl groups is 1. The molecule has 3 heterocycles. The second-order valence-electron chi connectivity index (χ2n) is 11.1. The largest absolute Gasteiger partial charge is 0.390 e. The number of hydrogen-bond donors (Lipinski definition) is 1. The van der Waals surface area contributed by atoms with Crippen molar-refractivity contribution in [3.05, 3.63) is 42.4 Å². The standard InChI is InChI=1S/C26H30N6O/c1-17-20(24(2,3)33)6-9-31(17)22-11-23(29-16-28-22)32-21-10-19(5-4-18(21)12-30-32)26(15-27)13-25(14-26)7-8-25/h4-5,10-12,16-17,20,33H,6-9,13-14H2,1-3H3/t17-,20-/m1/s1. The number of fused-ring (bicyclic) bond motifs is 1. The zero-order valence-corrected chi connectivity index (χ0v) is 19.5. The van der Waals surface area contributed by atoms with E-state index >= 15 is 0 Å². The van der Waals surface area contributed by atoms with Crippen molar-refractivity contribution in [2.24, 2.45) is 11.3 Å². The first-order valence-corrected chi connectivity index (χ1v) is 11.9. The van der Waals surface area contributed by atoms with Crippen LogP contribution >= 0.6 is 0 Å². The molecule has 0 amide bonds. The normalized spacial score (nSPS) is 25.2. The van der Waals surface area contributed by atoms with E-state index in [1.165, 1.54) is 12.8 Å². The maximum atomic E-state index is 10.6. The highest BCUT2D eigenvalue weighted by molar-refractivity contribution is 5.81. The molecule has 170 valence electrons. The summed E-state index contributed by atoms with van der Waals surface area (Å²) in [5, 5.41) is 26.2. The zero-order valence-electron chi connectivity index (χ0n) is 19.5. The van der Waals surface area contributed by atoms with Crippen LogP contribution in [0.15, 0.2) is 36.8 Å². The van der Waals surface area contributed by atoms with Gasteiger partial charge in [-0.3, -0.25) is 0 Å². The SMILES string of the molecule is C[C@@H]1[C@H](C(C)(C)O)CCN1c1cc(-n2ncc3ccc(C4(C#N)CC5(CC5)C4)cc32)ncn1. The highest BCUT2D eigenvalue weighted by atomic mass is 16.3. The van der Waals surface area contributed by atoms with E-state index in [1.54, 1.807) is 6.33 Å². The monoisotopic (exact) mass is 442 g/mol. The molecule has 2 atom stereocenters. The summed E-state index contributed by atoms with van der Waals surface area (Å²) in [6.45, 7) is 6.78. The molecular weight excluding hydrogens is 412 g/mol. The highest BCUT2D eigenvalue weighted by Gasteiger charge is 2.62. The van der Waals surface area contributed by atoms with E-state index in [9.17, 15) is 10.4 Å². The lowest BCUT2D eigenvalue weighted by Crippen LogP contribution is -2.41. The number of nitriles is 1. The Morgan fingerprint density at radius 3 is 2.58 bits per heavy atom. The topological polar surface area (TPSA) is 90.9 Å². The summed E-state index contributed by atoms with van der Waals surface area (Å²) in [4.78, 5) is 11.3. The van der Waals surface area contributed by atoms with Gasteiger partial charge >= 0.3 is 0 Å². The first kappa shape index (κ1) is 20.6. The molecule has 33 heavy (non-hydrogen) atoms. The molecule has 2 aliphatic carbocycles. The Bertz CT molecular complexity index is 1270. The number of hydrogen-bond acceptors (Lipinski definition) is 6. The van der Waals surface area contributed by atoms with Crippen LogP contribution in [0.3, 0.4) is 0 Å². The average molecular weight is 443 g/mol. The van der Waals surface area contributed by atoms with Crippen molar-refractivity contribution in [2.75, 3.05) is 11.4 Å². The Kier molecular flexibility index (Phi) is 4.23. The maximum Gasteiger partial charge on any atom is 0.159 e. The predicted octanol–water partition coefficient (Wildman–Crippen LogP) is 4.14. The number of rotatable bonds is 4. The molecule has 1 saturated heterocycles. The molecule has 1 N–H and O–H groups in total. The molecule has 0 unspecified atom stereocenters. The van der Waals surface area contributed by atoms with E-state index in [-0.39, 0.29) is 17.4 Å². The van der Waals surface area contributed by atoms with Crippen LogP contribution in [0.2, 0.25) is 0 Å². The van der Waals surface area contributed by atoms with Gasteiger partial charge in [0.15, 0.2) is 5.82 Å². The fraction of sp³-hybridized carbons (Fsp3) is 0.538. The van der Waals surface area contributed by atoms with Crippen molar-refractivity contribution in [2.45, 2.75) is 69.9 Å². The zero-order chi connectivity index (χ0) is 23.0. The maximum absolute atomic E-state index is 10.6. The van der Waals surface area contributed by atoms with E-state index in [2.05, 4.69) is 51.2 Å². The Balaban J connectivity index is 1.35. The van der Waals surface area contributed by atoms with Gasteiger partial charge in [0.2, 0.25) is 0 Å². The van der Waals surface area contributed by atoms with Gasteiger partial charge in [-0.1, -0.05) is 12.1 Å². The lowest BCUT2D eigenvalue weighted by Gasteiger charge is -2.44. The van der Waals surface area contributed by atoms with Crippen LogP contribution in [0.4, 0.5) is 5.82 Å². The molecule has 3 fully saturated rings. The first-order valence-electron chi connectivity index (χ1n) is 11.9. The van der Waals surface area contributed by atoms with Crippen molar-refractivity contribution in [3.63, 3.8) is 0 Å². The van der Waals surface area contributed by atoms with Gasteiger partial charge in [-0.25, -0.2) is 14.6 Å². The number of benzene rings is 1. The van der Waals surface area contributed by atoms with E-state index in [1.807, 2.05) is 30.8 Å². The Morgan fingerprint density at radius 2 is 1.91 bits per heavy atom. The third kappa shape index (κ3) is 3.15. The molecule has 6 rings (SSSR count). The number of anilines is 1. The van der Waals surface area contributed by atoms with E-state index < -0.39 is 5.60 Å². The predicted molar refractivity (Wildman–Crippen MR) is 126 cm³/mol. The molecular formula is C26H30N6O. The van der Waals surface area contributed by atoms with Gasteiger partial charge in [-0.05, 0) is 69.9 Å². The van der Waals surface area contributed by atoms with Gasteiger partial charge in [-0.15, -0.1) is 0 Å². The molecule has 1 aliphatic heterocycles. The minimum absolute atomic E-state index is 0.178. The summed E-state index contributed by atoms with van der Waals surface area (Å²) >= 11 is 0. The van der Waals surface area contributed by atoms with Crippen LogP contribution in [0.25, 0.3) is 16.7 Å². The Labute approximate surface area is 194 Å². The van der Waals surface area contributed by atoms with Gasteiger partial charge in [0.25, 0.3) is 0 Å². The van der Waals surface area contributed by atoms with E-state index in [4.69, 9.17) is 0 Å². The third-order valence-electron chi connectivity index (χ3n) is 8.46. The van der Waals surface area contributed by atoms with Gasteiger partial charge in [0.05, 0.1) is 28.8 Å². The van der Waals surface area contributed by atoms with Crippen molar-refractivity contribution in [3.8, 4) is 11.9 Å².